The van der Waals surface area contributed by atoms with Crippen LogP contribution in [0.4, 0.5) is 11.4 Å². The summed E-state index contributed by atoms with van der Waals surface area (Å²) < 4.78 is 1.96. The lowest BCUT2D eigenvalue weighted by Crippen LogP contribution is -2.14. The molecule has 0 unspecified atom stereocenters. The zero-order valence-electron chi connectivity index (χ0n) is 13.9. The van der Waals surface area contributed by atoms with E-state index < -0.39 is 0 Å². The molecular weight excluding hydrogens is 391 g/mol. The number of benzene rings is 2. The van der Waals surface area contributed by atoms with Crippen LogP contribution in [0.5, 0.6) is 0 Å². The number of imidazole rings is 1. The zero-order chi connectivity index (χ0) is 18.7. The monoisotopic (exact) mass is 406 g/mol. The molecule has 0 spiro atoms. The lowest BCUT2D eigenvalue weighted by Gasteiger charge is -2.11. The van der Waals surface area contributed by atoms with Crippen LogP contribution in [0.1, 0.15) is 5.56 Å². The van der Waals surface area contributed by atoms with E-state index in [1.807, 2.05) is 42.0 Å². The van der Waals surface area contributed by atoms with Gasteiger partial charge < -0.3 is 11.1 Å². The first-order valence-corrected chi connectivity index (χ1v) is 9.46. The minimum Gasteiger partial charge on any atom is -0.396 e. The summed E-state index contributed by atoms with van der Waals surface area (Å²) in [5.74, 6) is 0.00827. The van der Waals surface area contributed by atoms with Gasteiger partial charge in [-0.05, 0) is 30.7 Å². The van der Waals surface area contributed by atoms with Crippen LogP contribution in [-0.4, -0.2) is 21.2 Å². The van der Waals surface area contributed by atoms with Gasteiger partial charge >= 0.3 is 0 Å². The molecule has 1 aromatic heterocycles. The van der Waals surface area contributed by atoms with Gasteiger partial charge in [0.05, 0.1) is 27.2 Å². The topological polar surface area (TPSA) is 72.9 Å². The molecule has 3 aromatic rings. The summed E-state index contributed by atoms with van der Waals surface area (Å²) in [6, 6.07) is 11.1. The molecule has 3 rings (SSSR count). The molecule has 0 aliphatic heterocycles. The molecule has 0 bridgehead atoms. The van der Waals surface area contributed by atoms with Crippen LogP contribution in [0.2, 0.25) is 10.0 Å². The Morgan fingerprint density at radius 1 is 1.27 bits per heavy atom. The smallest absolute Gasteiger partial charge is 0.234 e. The van der Waals surface area contributed by atoms with Crippen molar-refractivity contribution in [2.45, 2.75) is 12.1 Å². The van der Waals surface area contributed by atoms with Crippen LogP contribution in [0, 0.1) is 6.92 Å². The molecule has 2 aromatic carbocycles. The molecule has 0 fully saturated rings. The highest BCUT2D eigenvalue weighted by Gasteiger charge is 2.12. The van der Waals surface area contributed by atoms with Crippen LogP contribution in [0.25, 0.3) is 5.69 Å². The first-order valence-electron chi connectivity index (χ1n) is 7.72. The predicted octanol–water partition coefficient (Wildman–Crippen LogP) is 4.80. The number of amides is 1. The maximum absolute atomic E-state index is 12.2. The Morgan fingerprint density at radius 3 is 2.65 bits per heavy atom. The van der Waals surface area contributed by atoms with E-state index in [0.717, 1.165) is 16.4 Å². The lowest BCUT2D eigenvalue weighted by atomic mass is 10.2. The van der Waals surface area contributed by atoms with Crippen molar-refractivity contribution in [3.8, 4) is 5.69 Å². The Morgan fingerprint density at radius 2 is 1.96 bits per heavy atom. The first-order chi connectivity index (χ1) is 12.5. The molecule has 134 valence electrons. The summed E-state index contributed by atoms with van der Waals surface area (Å²) in [5.41, 5.74) is 8.65. The second-order valence-corrected chi connectivity index (χ2v) is 7.31. The number of thioether (sulfide) groups is 1. The minimum absolute atomic E-state index is 0.189. The van der Waals surface area contributed by atoms with Gasteiger partial charge in [-0.2, -0.15) is 0 Å². The van der Waals surface area contributed by atoms with Gasteiger partial charge in [0.25, 0.3) is 0 Å². The number of aromatic nitrogens is 2. The Labute approximate surface area is 165 Å². The highest BCUT2D eigenvalue weighted by Crippen LogP contribution is 2.31. The van der Waals surface area contributed by atoms with Crippen LogP contribution in [0.3, 0.4) is 0 Å². The van der Waals surface area contributed by atoms with Gasteiger partial charge in [-0.3, -0.25) is 9.36 Å². The molecule has 3 N–H and O–H groups in total. The Balaban J connectivity index is 1.68. The third-order valence-corrected chi connectivity index (χ3v) is 5.27. The lowest BCUT2D eigenvalue weighted by molar-refractivity contribution is -0.113. The minimum atomic E-state index is -0.189. The van der Waals surface area contributed by atoms with E-state index >= 15 is 0 Å². The summed E-state index contributed by atoms with van der Waals surface area (Å²) in [6.07, 6.45) is 3.59. The average Bonchev–Trinajstić information content (AvgIpc) is 3.06. The van der Waals surface area contributed by atoms with Crippen molar-refractivity contribution in [2.75, 3.05) is 16.8 Å². The summed E-state index contributed by atoms with van der Waals surface area (Å²) in [6.45, 7) is 2.03. The Hall–Kier alpha value is -2.15. The van der Waals surface area contributed by atoms with Crippen molar-refractivity contribution < 1.29 is 4.79 Å². The van der Waals surface area contributed by atoms with Crippen molar-refractivity contribution in [1.82, 2.24) is 9.55 Å². The largest absolute Gasteiger partial charge is 0.396 e. The third-order valence-electron chi connectivity index (χ3n) is 3.68. The van der Waals surface area contributed by atoms with Crippen LogP contribution in [0.15, 0.2) is 53.9 Å². The number of halogens is 2. The number of nitrogens with one attached hydrogen (secondary N) is 1. The number of nitrogens with zero attached hydrogens (tertiary/aromatic N) is 2. The fourth-order valence-corrected chi connectivity index (χ4v) is 3.65. The van der Waals surface area contributed by atoms with Gasteiger partial charge in [0, 0.05) is 18.1 Å². The molecule has 0 atom stereocenters. The van der Waals surface area contributed by atoms with E-state index in [2.05, 4.69) is 10.3 Å². The van der Waals surface area contributed by atoms with Gasteiger partial charge in [0.2, 0.25) is 5.91 Å². The first kappa shape index (κ1) is 18.6. The standard InChI is InChI=1S/C18H16Cl2N4OS/c1-11-4-2-3-5-15(11)24-7-6-22-18(24)26-10-16(25)23-12-8-13(19)17(21)14(20)9-12/h2-9H,10,21H2,1H3,(H,23,25). The van der Waals surface area contributed by atoms with Gasteiger partial charge in [0.1, 0.15) is 0 Å². The summed E-state index contributed by atoms with van der Waals surface area (Å²) in [5, 5.41) is 4.10. The summed E-state index contributed by atoms with van der Waals surface area (Å²) >= 11 is 13.3. The normalized spacial score (nSPS) is 10.7. The number of anilines is 2. The summed E-state index contributed by atoms with van der Waals surface area (Å²) in [4.78, 5) is 16.6. The number of hydrogen-bond acceptors (Lipinski definition) is 4. The predicted molar refractivity (Wildman–Crippen MR) is 109 cm³/mol. The quantitative estimate of drug-likeness (QED) is 0.471. The van der Waals surface area contributed by atoms with Crippen LogP contribution < -0.4 is 11.1 Å². The van der Waals surface area contributed by atoms with Crippen molar-refractivity contribution in [3.05, 3.63) is 64.4 Å². The fraction of sp³-hybridized carbons (Fsp3) is 0.111. The third kappa shape index (κ3) is 4.15. The molecule has 1 amide bonds. The number of nitrogen functional groups attached to an aromatic ring is 1. The number of rotatable bonds is 5. The van der Waals surface area contributed by atoms with E-state index in [-0.39, 0.29) is 11.7 Å². The fourth-order valence-electron chi connectivity index (χ4n) is 2.40. The average molecular weight is 407 g/mol. The van der Waals surface area contributed by atoms with Crippen LogP contribution in [-0.2, 0) is 4.79 Å². The maximum atomic E-state index is 12.2. The Kier molecular flexibility index (Phi) is 5.76. The van der Waals surface area contributed by atoms with E-state index in [9.17, 15) is 4.79 Å². The van der Waals surface area contributed by atoms with Gasteiger partial charge in [0.15, 0.2) is 5.16 Å². The van der Waals surface area contributed by atoms with Crippen LogP contribution >= 0.6 is 35.0 Å². The SMILES string of the molecule is Cc1ccccc1-n1ccnc1SCC(=O)Nc1cc(Cl)c(N)c(Cl)c1. The van der Waals surface area contributed by atoms with E-state index in [1.165, 1.54) is 11.8 Å². The van der Waals surface area contributed by atoms with Crippen molar-refractivity contribution in [1.29, 1.82) is 0 Å². The maximum Gasteiger partial charge on any atom is 0.234 e. The number of aryl methyl sites for hydroxylation is 1. The molecule has 0 saturated carbocycles. The van der Waals surface area contributed by atoms with Gasteiger partial charge in [-0.15, -0.1) is 0 Å². The van der Waals surface area contributed by atoms with Gasteiger partial charge in [-0.25, -0.2) is 4.98 Å². The van der Waals surface area contributed by atoms with E-state index in [1.54, 1.807) is 18.3 Å². The number of para-hydroxylation sites is 1. The molecule has 0 radical (unpaired) electrons. The van der Waals surface area contributed by atoms with E-state index in [4.69, 9.17) is 28.9 Å². The molecule has 0 saturated heterocycles. The molecule has 8 heteroatoms. The zero-order valence-corrected chi connectivity index (χ0v) is 16.2. The second kappa shape index (κ2) is 8.03. The number of carbonyl (C=O) groups excluding carboxylic acids is 1. The molecule has 0 aliphatic rings. The number of nitrogens with two attached hydrogens (primary N) is 1. The summed E-state index contributed by atoms with van der Waals surface area (Å²) in [7, 11) is 0. The Bertz CT molecular complexity index is 935. The molecular formula is C18H16Cl2N4OS. The van der Waals surface area contributed by atoms with E-state index in [0.29, 0.717) is 21.4 Å². The van der Waals surface area contributed by atoms with Gasteiger partial charge in [-0.1, -0.05) is 53.2 Å². The molecule has 0 aliphatic carbocycles. The number of carbonyl (C=O) groups is 1. The van der Waals surface area contributed by atoms with Crippen molar-refractivity contribution >= 4 is 52.2 Å². The molecule has 1 heterocycles. The van der Waals surface area contributed by atoms with Crippen molar-refractivity contribution in [3.63, 3.8) is 0 Å². The highest BCUT2D eigenvalue weighted by atomic mass is 35.5. The molecule has 26 heavy (non-hydrogen) atoms. The number of hydrogen-bond donors (Lipinski definition) is 2. The van der Waals surface area contributed by atoms with Crippen molar-refractivity contribution in [2.24, 2.45) is 0 Å². The second-order valence-electron chi connectivity index (χ2n) is 5.56. The molecule has 5 nitrogen and oxygen atoms in total. The highest BCUT2D eigenvalue weighted by molar-refractivity contribution is 7.99.